The largest absolute Gasteiger partial charge is 0.493 e. The fraction of sp³-hybridized carbons (Fsp3) is 0.158. The van der Waals surface area contributed by atoms with Crippen LogP contribution >= 0.6 is 0 Å². The zero-order valence-corrected chi connectivity index (χ0v) is 14.2. The van der Waals surface area contributed by atoms with Crippen LogP contribution in [-0.2, 0) is 4.79 Å². The Labute approximate surface area is 149 Å². The number of anilines is 1. The molecule has 2 rings (SSSR count). The molecule has 2 aromatic rings. The second-order valence-electron chi connectivity index (χ2n) is 5.25. The van der Waals surface area contributed by atoms with Crippen LogP contribution in [0.2, 0.25) is 0 Å². The Bertz CT molecular complexity index is 834. The van der Waals surface area contributed by atoms with Gasteiger partial charge in [-0.3, -0.25) is 9.59 Å². The van der Waals surface area contributed by atoms with Crippen molar-refractivity contribution < 1.29 is 27.8 Å². The zero-order chi connectivity index (χ0) is 19.1. The SMILES string of the molecule is COc1ccc(C=CC(=O)c2cccc(NC(C)=O)c2)cc1OC(F)F. The molecule has 136 valence electrons. The first-order chi connectivity index (χ1) is 12.4. The lowest BCUT2D eigenvalue weighted by atomic mass is 10.1. The molecule has 26 heavy (non-hydrogen) atoms. The molecule has 0 spiro atoms. The second kappa shape index (κ2) is 8.75. The van der Waals surface area contributed by atoms with E-state index < -0.39 is 6.61 Å². The summed E-state index contributed by atoms with van der Waals surface area (Å²) in [6.07, 6.45) is 2.78. The van der Waals surface area contributed by atoms with E-state index in [1.54, 1.807) is 30.3 Å². The van der Waals surface area contributed by atoms with Gasteiger partial charge in [0.2, 0.25) is 5.91 Å². The molecule has 0 bridgehead atoms. The molecular weight excluding hydrogens is 344 g/mol. The average Bonchev–Trinajstić information content (AvgIpc) is 2.59. The number of alkyl halides is 2. The van der Waals surface area contributed by atoms with Gasteiger partial charge in [0.05, 0.1) is 7.11 Å². The molecule has 0 fully saturated rings. The van der Waals surface area contributed by atoms with Crippen LogP contribution in [0, 0.1) is 0 Å². The number of halogens is 2. The number of rotatable bonds is 7. The van der Waals surface area contributed by atoms with Crippen LogP contribution in [0.5, 0.6) is 11.5 Å². The zero-order valence-electron chi connectivity index (χ0n) is 14.2. The molecule has 0 aromatic heterocycles. The standard InChI is InChI=1S/C19H17F2NO4/c1-12(23)22-15-5-3-4-14(11-15)16(24)8-6-13-7-9-17(25-2)18(10-13)26-19(20)21/h3-11,19H,1-2H3,(H,22,23). The Balaban J connectivity index is 2.18. The van der Waals surface area contributed by atoms with E-state index in [9.17, 15) is 18.4 Å². The monoisotopic (exact) mass is 361 g/mol. The molecular formula is C19H17F2NO4. The Morgan fingerprint density at radius 3 is 2.54 bits per heavy atom. The summed E-state index contributed by atoms with van der Waals surface area (Å²) in [6, 6.07) is 10.9. The van der Waals surface area contributed by atoms with Gasteiger partial charge in [0.1, 0.15) is 0 Å². The quantitative estimate of drug-likeness (QED) is 0.594. The van der Waals surface area contributed by atoms with Gasteiger partial charge >= 0.3 is 6.61 Å². The molecule has 2 aromatic carbocycles. The number of ketones is 1. The van der Waals surface area contributed by atoms with Gasteiger partial charge in [-0.15, -0.1) is 0 Å². The predicted octanol–water partition coefficient (Wildman–Crippen LogP) is 4.15. The molecule has 1 amide bonds. The van der Waals surface area contributed by atoms with Crippen molar-refractivity contribution in [3.8, 4) is 11.5 Å². The maximum atomic E-state index is 12.5. The van der Waals surface area contributed by atoms with E-state index >= 15 is 0 Å². The van der Waals surface area contributed by atoms with Crippen LogP contribution in [-0.4, -0.2) is 25.4 Å². The van der Waals surface area contributed by atoms with Gasteiger partial charge in [0, 0.05) is 18.2 Å². The highest BCUT2D eigenvalue weighted by Gasteiger charge is 2.11. The summed E-state index contributed by atoms with van der Waals surface area (Å²) in [7, 11) is 1.34. The first-order valence-electron chi connectivity index (χ1n) is 7.62. The van der Waals surface area contributed by atoms with Gasteiger partial charge in [-0.25, -0.2) is 0 Å². The van der Waals surface area contributed by atoms with E-state index in [4.69, 9.17) is 4.74 Å². The number of hydrogen-bond acceptors (Lipinski definition) is 4. The molecule has 0 heterocycles. The van der Waals surface area contributed by atoms with Crippen molar-refractivity contribution in [2.75, 3.05) is 12.4 Å². The molecule has 5 nitrogen and oxygen atoms in total. The summed E-state index contributed by atoms with van der Waals surface area (Å²) in [4.78, 5) is 23.3. The lowest BCUT2D eigenvalue weighted by Gasteiger charge is -2.10. The summed E-state index contributed by atoms with van der Waals surface area (Å²) in [6.45, 7) is -1.61. The van der Waals surface area contributed by atoms with Gasteiger partial charge in [-0.1, -0.05) is 24.3 Å². The minimum absolute atomic E-state index is 0.121. The van der Waals surface area contributed by atoms with Crippen LogP contribution in [0.25, 0.3) is 6.08 Å². The lowest BCUT2D eigenvalue weighted by Crippen LogP contribution is -2.06. The van der Waals surface area contributed by atoms with Gasteiger partial charge in [0.25, 0.3) is 0 Å². The second-order valence-corrected chi connectivity index (χ2v) is 5.25. The molecule has 0 unspecified atom stereocenters. The molecule has 0 aliphatic heterocycles. The van der Waals surface area contributed by atoms with E-state index in [-0.39, 0.29) is 23.2 Å². The normalized spacial score (nSPS) is 10.8. The van der Waals surface area contributed by atoms with Crippen LogP contribution in [0.15, 0.2) is 48.5 Å². The van der Waals surface area contributed by atoms with Crippen LogP contribution in [0.4, 0.5) is 14.5 Å². The molecule has 1 N–H and O–H groups in total. The molecule has 0 saturated carbocycles. The predicted molar refractivity (Wildman–Crippen MR) is 93.7 cm³/mol. The van der Waals surface area contributed by atoms with E-state index in [0.717, 1.165) is 0 Å². The smallest absolute Gasteiger partial charge is 0.387 e. The minimum Gasteiger partial charge on any atom is -0.493 e. The number of allylic oxidation sites excluding steroid dienone is 1. The third kappa shape index (κ3) is 5.41. The number of hydrogen-bond donors (Lipinski definition) is 1. The summed E-state index contributed by atoms with van der Waals surface area (Å²) >= 11 is 0. The minimum atomic E-state index is -2.98. The van der Waals surface area contributed by atoms with Crippen molar-refractivity contribution in [2.45, 2.75) is 13.5 Å². The number of benzene rings is 2. The fourth-order valence-electron chi connectivity index (χ4n) is 2.21. The fourth-order valence-corrected chi connectivity index (χ4v) is 2.21. The first-order valence-corrected chi connectivity index (χ1v) is 7.62. The van der Waals surface area contributed by atoms with E-state index in [1.165, 1.54) is 38.3 Å². The van der Waals surface area contributed by atoms with Crippen molar-refractivity contribution in [3.63, 3.8) is 0 Å². The van der Waals surface area contributed by atoms with E-state index in [2.05, 4.69) is 10.1 Å². The molecule has 7 heteroatoms. The Morgan fingerprint density at radius 1 is 1.12 bits per heavy atom. The van der Waals surface area contributed by atoms with Crippen LogP contribution in [0.3, 0.4) is 0 Å². The molecule has 0 atom stereocenters. The highest BCUT2D eigenvalue weighted by Crippen LogP contribution is 2.30. The highest BCUT2D eigenvalue weighted by atomic mass is 19.3. The van der Waals surface area contributed by atoms with Crippen LogP contribution < -0.4 is 14.8 Å². The number of ether oxygens (including phenoxy) is 2. The summed E-state index contributed by atoms with van der Waals surface area (Å²) in [5.74, 6) is -0.499. The maximum absolute atomic E-state index is 12.5. The van der Waals surface area contributed by atoms with E-state index in [1.807, 2.05) is 0 Å². The third-order valence-electron chi connectivity index (χ3n) is 3.30. The van der Waals surface area contributed by atoms with Gasteiger partial charge in [0.15, 0.2) is 17.3 Å². The summed E-state index contributed by atoms with van der Waals surface area (Å²) in [5.41, 5.74) is 1.38. The van der Waals surface area contributed by atoms with Crippen molar-refractivity contribution >= 4 is 23.5 Å². The highest BCUT2D eigenvalue weighted by molar-refractivity contribution is 6.07. The number of carbonyl (C=O) groups excluding carboxylic acids is 2. The Morgan fingerprint density at radius 2 is 1.88 bits per heavy atom. The number of nitrogens with one attached hydrogen (secondary N) is 1. The van der Waals surface area contributed by atoms with E-state index in [0.29, 0.717) is 16.8 Å². The van der Waals surface area contributed by atoms with Gasteiger partial charge in [-0.2, -0.15) is 8.78 Å². The Hall–Kier alpha value is -3.22. The molecule has 0 radical (unpaired) electrons. The number of methoxy groups -OCH3 is 1. The molecule has 0 aliphatic rings. The van der Waals surface area contributed by atoms with Gasteiger partial charge < -0.3 is 14.8 Å². The third-order valence-corrected chi connectivity index (χ3v) is 3.30. The van der Waals surface area contributed by atoms with Crippen molar-refractivity contribution in [1.82, 2.24) is 0 Å². The van der Waals surface area contributed by atoms with Gasteiger partial charge in [-0.05, 0) is 35.9 Å². The van der Waals surface area contributed by atoms with Crippen molar-refractivity contribution in [2.24, 2.45) is 0 Å². The Kier molecular flexibility index (Phi) is 6.43. The first kappa shape index (κ1) is 19.1. The van der Waals surface area contributed by atoms with Crippen molar-refractivity contribution in [1.29, 1.82) is 0 Å². The lowest BCUT2D eigenvalue weighted by molar-refractivity contribution is -0.114. The average molecular weight is 361 g/mol. The summed E-state index contributed by atoms with van der Waals surface area (Å²) in [5, 5.41) is 2.60. The number of amides is 1. The molecule has 0 saturated heterocycles. The summed E-state index contributed by atoms with van der Waals surface area (Å²) < 4.78 is 34.3. The van der Waals surface area contributed by atoms with Crippen LogP contribution in [0.1, 0.15) is 22.8 Å². The number of carbonyl (C=O) groups is 2. The molecule has 0 aliphatic carbocycles. The maximum Gasteiger partial charge on any atom is 0.387 e. The van der Waals surface area contributed by atoms with Crippen molar-refractivity contribution in [3.05, 3.63) is 59.7 Å². The topological polar surface area (TPSA) is 64.6 Å².